The second kappa shape index (κ2) is 7.43. The minimum absolute atomic E-state index is 0.0434. The van der Waals surface area contributed by atoms with Crippen LogP contribution in [0, 0.1) is 5.92 Å². The van der Waals surface area contributed by atoms with Crippen LogP contribution in [-0.2, 0) is 4.79 Å². The summed E-state index contributed by atoms with van der Waals surface area (Å²) in [7, 11) is 0. The van der Waals surface area contributed by atoms with Crippen LogP contribution in [0.2, 0.25) is 0 Å². The Balaban J connectivity index is 1.32. The number of carbonyl (C=O) groups is 2. The van der Waals surface area contributed by atoms with E-state index in [1.54, 1.807) is 17.0 Å². The number of amides is 2. The van der Waals surface area contributed by atoms with Crippen molar-refractivity contribution in [2.75, 3.05) is 24.7 Å². The SMILES string of the molecule is O=C(NC(c1ccc2c(c1)OCCO2)C1CC1)c1ccc(N2CCCC2=O)cc1. The fourth-order valence-electron chi connectivity index (χ4n) is 4.09. The van der Waals surface area contributed by atoms with Crippen molar-refractivity contribution in [2.24, 2.45) is 5.92 Å². The van der Waals surface area contributed by atoms with E-state index in [1.165, 1.54) is 0 Å². The van der Waals surface area contributed by atoms with Gasteiger partial charge in [0.15, 0.2) is 11.5 Å². The number of anilines is 1. The zero-order chi connectivity index (χ0) is 19.8. The molecule has 0 aromatic heterocycles. The first kappa shape index (κ1) is 18.0. The summed E-state index contributed by atoms with van der Waals surface area (Å²) in [6, 6.07) is 13.2. The van der Waals surface area contributed by atoms with Gasteiger partial charge < -0.3 is 19.7 Å². The van der Waals surface area contributed by atoms with Gasteiger partial charge in [-0.25, -0.2) is 0 Å². The molecule has 3 aliphatic rings. The summed E-state index contributed by atoms with van der Waals surface area (Å²) in [5.74, 6) is 2.00. The summed E-state index contributed by atoms with van der Waals surface area (Å²) in [4.78, 5) is 26.6. The van der Waals surface area contributed by atoms with Crippen molar-refractivity contribution >= 4 is 17.5 Å². The summed E-state index contributed by atoms with van der Waals surface area (Å²) in [5.41, 5.74) is 2.50. The van der Waals surface area contributed by atoms with Crippen LogP contribution in [0.4, 0.5) is 5.69 Å². The Bertz CT molecular complexity index is 936. The molecule has 2 fully saturated rings. The van der Waals surface area contributed by atoms with Gasteiger partial charge >= 0.3 is 0 Å². The molecule has 1 saturated carbocycles. The van der Waals surface area contributed by atoms with Gasteiger partial charge in [0, 0.05) is 24.2 Å². The van der Waals surface area contributed by atoms with Crippen LogP contribution in [0.3, 0.4) is 0 Å². The van der Waals surface area contributed by atoms with Gasteiger partial charge in [-0.2, -0.15) is 0 Å². The lowest BCUT2D eigenvalue weighted by Crippen LogP contribution is -2.30. The summed E-state index contributed by atoms with van der Waals surface area (Å²) in [6.45, 7) is 1.86. The molecule has 1 N–H and O–H groups in total. The molecule has 2 heterocycles. The lowest BCUT2D eigenvalue weighted by molar-refractivity contribution is -0.117. The zero-order valence-electron chi connectivity index (χ0n) is 16.2. The molecular weight excluding hydrogens is 368 g/mol. The minimum atomic E-state index is -0.101. The van der Waals surface area contributed by atoms with Crippen molar-refractivity contribution in [3.63, 3.8) is 0 Å². The number of nitrogens with zero attached hydrogens (tertiary/aromatic N) is 1. The molecular formula is C23H24N2O4. The molecule has 2 aromatic carbocycles. The Morgan fingerprint density at radius 3 is 2.48 bits per heavy atom. The van der Waals surface area contributed by atoms with Gasteiger partial charge in [0.25, 0.3) is 5.91 Å². The number of carbonyl (C=O) groups excluding carboxylic acids is 2. The van der Waals surface area contributed by atoms with Gasteiger partial charge in [-0.3, -0.25) is 9.59 Å². The van der Waals surface area contributed by atoms with Crippen LogP contribution in [0.15, 0.2) is 42.5 Å². The third-order valence-corrected chi connectivity index (χ3v) is 5.82. The van der Waals surface area contributed by atoms with Crippen LogP contribution >= 0.6 is 0 Å². The number of ether oxygens (including phenoxy) is 2. The first-order valence-corrected chi connectivity index (χ1v) is 10.3. The van der Waals surface area contributed by atoms with Crippen molar-refractivity contribution in [3.05, 3.63) is 53.6 Å². The maximum absolute atomic E-state index is 12.9. The van der Waals surface area contributed by atoms with E-state index in [4.69, 9.17) is 9.47 Å². The van der Waals surface area contributed by atoms with Crippen LogP contribution < -0.4 is 19.7 Å². The van der Waals surface area contributed by atoms with E-state index in [0.717, 1.165) is 48.6 Å². The van der Waals surface area contributed by atoms with Gasteiger partial charge in [0.1, 0.15) is 13.2 Å². The monoisotopic (exact) mass is 392 g/mol. The standard InChI is InChI=1S/C23H24N2O4/c26-21-2-1-11-25(21)18-8-5-16(6-9-18)23(27)24-22(15-3-4-15)17-7-10-19-20(14-17)29-13-12-28-19/h5-10,14-15,22H,1-4,11-13H2,(H,24,27). The van der Waals surface area contributed by atoms with E-state index < -0.39 is 0 Å². The molecule has 1 unspecified atom stereocenters. The molecule has 5 rings (SSSR count). The van der Waals surface area contributed by atoms with Crippen molar-refractivity contribution in [1.82, 2.24) is 5.32 Å². The lowest BCUT2D eigenvalue weighted by atomic mass is 10.0. The molecule has 1 aliphatic carbocycles. The van der Waals surface area contributed by atoms with E-state index >= 15 is 0 Å². The van der Waals surface area contributed by atoms with E-state index in [2.05, 4.69) is 5.32 Å². The molecule has 29 heavy (non-hydrogen) atoms. The second-order valence-corrected chi connectivity index (χ2v) is 7.89. The molecule has 150 valence electrons. The molecule has 2 aliphatic heterocycles. The Morgan fingerprint density at radius 1 is 1.03 bits per heavy atom. The second-order valence-electron chi connectivity index (χ2n) is 7.89. The molecule has 0 radical (unpaired) electrons. The fourth-order valence-corrected chi connectivity index (χ4v) is 4.09. The predicted molar refractivity (Wildman–Crippen MR) is 108 cm³/mol. The first-order valence-electron chi connectivity index (χ1n) is 10.3. The molecule has 6 nitrogen and oxygen atoms in total. The molecule has 1 atom stereocenters. The van der Waals surface area contributed by atoms with Crippen LogP contribution in [0.25, 0.3) is 0 Å². The third-order valence-electron chi connectivity index (χ3n) is 5.82. The van der Waals surface area contributed by atoms with Gasteiger partial charge in [-0.05, 0) is 67.1 Å². The maximum Gasteiger partial charge on any atom is 0.251 e. The predicted octanol–water partition coefficient (Wildman–Crippen LogP) is 3.47. The number of hydrogen-bond acceptors (Lipinski definition) is 4. The van der Waals surface area contributed by atoms with E-state index in [9.17, 15) is 9.59 Å². The highest BCUT2D eigenvalue weighted by Gasteiger charge is 2.34. The maximum atomic E-state index is 12.9. The minimum Gasteiger partial charge on any atom is -0.486 e. The third kappa shape index (κ3) is 3.67. The van der Waals surface area contributed by atoms with Crippen molar-refractivity contribution in [1.29, 1.82) is 0 Å². The van der Waals surface area contributed by atoms with Crippen LogP contribution in [0.1, 0.15) is 47.6 Å². The highest BCUT2D eigenvalue weighted by atomic mass is 16.6. The van der Waals surface area contributed by atoms with E-state index in [-0.39, 0.29) is 17.9 Å². The van der Waals surface area contributed by atoms with E-state index in [0.29, 0.717) is 31.1 Å². The Morgan fingerprint density at radius 2 is 1.79 bits per heavy atom. The zero-order valence-corrected chi connectivity index (χ0v) is 16.2. The number of benzene rings is 2. The van der Waals surface area contributed by atoms with Gasteiger partial charge in [0.2, 0.25) is 5.91 Å². The van der Waals surface area contributed by atoms with Gasteiger partial charge in [-0.15, -0.1) is 0 Å². The summed E-state index contributed by atoms with van der Waals surface area (Å²) < 4.78 is 11.3. The number of rotatable bonds is 5. The lowest BCUT2D eigenvalue weighted by Gasteiger charge is -2.23. The molecule has 2 aromatic rings. The Kier molecular flexibility index (Phi) is 4.62. The molecule has 0 bridgehead atoms. The van der Waals surface area contributed by atoms with E-state index in [1.807, 2.05) is 30.3 Å². The summed E-state index contributed by atoms with van der Waals surface area (Å²) >= 11 is 0. The summed E-state index contributed by atoms with van der Waals surface area (Å²) in [6.07, 6.45) is 3.70. The fraction of sp³-hybridized carbons (Fsp3) is 0.391. The van der Waals surface area contributed by atoms with Gasteiger partial charge in [-0.1, -0.05) is 6.07 Å². The van der Waals surface area contributed by atoms with Gasteiger partial charge in [0.05, 0.1) is 6.04 Å². The van der Waals surface area contributed by atoms with Crippen LogP contribution in [-0.4, -0.2) is 31.6 Å². The van der Waals surface area contributed by atoms with Crippen molar-refractivity contribution < 1.29 is 19.1 Å². The topological polar surface area (TPSA) is 67.9 Å². The first-order chi connectivity index (χ1) is 14.2. The molecule has 2 amide bonds. The number of hydrogen-bond donors (Lipinski definition) is 1. The average Bonchev–Trinajstić information content (AvgIpc) is 3.51. The normalized spacial score (nSPS) is 19.2. The average molecular weight is 392 g/mol. The largest absolute Gasteiger partial charge is 0.486 e. The summed E-state index contributed by atoms with van der Waals surface area (Å²) in [5, 5.41) is 3.20. The molecule has 6 heteroatoms. The quantitative estimate of drug-likeness (QED) is 0.846. The molecule has 1 saturated heterocycles. The Labute approximate surface area is 169 Å². The number of nitrogens with one attached hydrogen (secondary N) is 1. The highest BCUT2D eigenvalue weighted by Crippen LogP contribution is 2.43. The van der Waals surface area contributed by atoms with Crippen LogP contribution in [0.5, 0.6) is 11.5 Å². The highest BCUT2D eigenvalue weighted by molar-refractivity contribution is 5.97. The number of fused-ring (bicyclic) bond motifs is 1. The smallest absolute Gasteiger partial charge is 0.251 e. The Hall–Kier alpha value is -3.02. The van der Waals surface area contributed by atoms with Crippen molar-refractivity contribution in [3.8, 4) is 11.5 Å². The molecule has 0 spiro atoms. The van der Waals surface area contributed by atoms with Crippen molar-refractivity contribution in [2.45, 2.75) is 31.7 Å².